The van der Waals surface area contributed by atoms with Crippen molar-refractivity contribution in [3.8, 4) is 0 Å². The minimum atomic E-state index is -0.601. The summed E-state index contributed by atoms with van der Waals surface area (Å²) in [5.41, 5.74) is 3.54. The summed E-state index contributed by atoms with van der Waals surface area (Å²) in [5, 5.41) is 5.81. The number of benzene rings is 3. The molecule has 0 aliphatic carbocycles. The van der Waals surface area contributed by atoms with Gasteiger partial charge in [-0.1, -0.05) is 48.5 Å². The molecule has 3 aromatic carbocycles. The summed E-state index contributed by atoms with van der Waals surface area (Å²) in [7, 11) is 2.04. The van der Waals surface area contributed by atoms with Crippen molar-refractivity contribution in [3.63, 3.8) is 0 Å². The standard InChI is InChI=1S/C26H29N3O2S/c1-29(19-20-9-5-3-6-10-20)23-15-13-22(14-16-23)27-26(31)24(17-18-32-2)28-25(30)21-11-7-4-8-12-21/h3-16,24H,17-19H2,1-2H3,(H,27,31)(H,28,30). The van der Waals surface area contributed by atoms with E-state index >= 15 is 0 Å². The lowest BCUT2D eigenvalue weighted by atomic mass is 10.1. The SMILES string of the molecule is CSCCC(NC(=O)c1ccccc1)C(=O)Nc1ccc(N(C)Cc2ccccc2)cc1. The summed E-state index contributed by atoms with van der Waals surface area (Å²) in [6.07, 6.45) is 2.54. The molecule has 32 heavy (non-hydrogen) atoms. The number of rotatable bonds is 10. The number of nitrogens with one attached hydrogen (secondary N) is 2. The summed E-state index contributed by atoms with van der Waals surface area (Å²) in [5.74, 6) is 0.314. The fourth-order valence-electron chi connectivity index (χ4n) is 3.31. The van der Waals surface area contributed by atoms with E-state index in [4.69, 9.17) is 0 Å². The van der Waals surface area contributed by atoms with E-state index in [1.54, 1.807) is 23.9 Å². The lowest BCUT2D eigenvalue weighted by Crippen LogP contribution is -2.44. The zero-order valence-corrected chi connectivity index (χ0v) is 19.3. The third-order valence-corrected chi connectivity index (χ3v) is 5.75. The van der Waals surface area contributed by atoms with Crippen LogP contribution in [0.4, 0.5) is 11.4 Å². The van der Waals surface area contributed by atoms with Gasteiger partial charge in [0.15, 0.2) is 0 Å². The Labute approximate surface area is 194 Å². The van der Waals surface area contributed by atoms with Crippen LogP contribution in [0.25, 0.3) is 0 Å². The van der Waals surface area contributed by atoms with Gasteiger partial charge in [-0.15, -0.1) is 0 Å². The van der Waals surface area contributed by atoms with E-state index in [1.807, 2.05) is 74.0 Å². The van der Waals surface area contributed by atoms with E-state index in [1.165, 1.54) is 5.56 Å². The highest BCUT2D eigenvalue weighted by molar-refractivity contribution is 7.98. The van der Waals surface area contributed by atoms with Crippen LogP contribution in [0.1, 0.15) is 22.3 Å². The minimum absolute atomic E-state index is 0.214. The number of nitrogens with zero attached hydrogens (tertiary/aromatic N) is 1. The van der Waals surface area contributed by atoms with Crippen LogP contribution < -0.4 is 15.5 Å². The molecule has 2 N–H and O–H groups in total. The Morgan fingerprint density at radius 3 is 2.16 bits per heavy atom. The second-order valence-electron chi connectivity index (χ2n) is 7.55. The Hall–Kier alpha value is -3.25. The molecule has 6 heteroatoms. The Kier molecular flexibility index (Phi) is 8.75. The number of amides is 2. The van der Waals surface area contributed by atoms with Crippen molar-refractivity contribution >= 4 is 35.0 Å². The van der Waals surface area contributed by atoms with Crippen molar-refractivity contribution in [2.75, 3.05) is 29.3 Å². The maximum absolute atomic E-state index is 12.9. The first-order valence-electron chi connectivity index (χ1n) is 10.6. The molecular weight excluding hydrogens is 418 g/mol. The number of hydrogen-bond acceptors (Lipinski definition) is 4. The van der Waals surface area contributed by atoms with Gasteiger partial charge >= 0.3 is 0 Å². The second kappa shape index (κ2) is 12.0. The van der Waals surface area contributed by atoms with Gasteiger partial charge in [-0.3, -0.25) is 9.59 Å². The number of anilines is 2. The molecule has 1 unspecified atom stereocenters. The zero-order chi connectivity index (χ0) is 22.8. The van der Waals surface area contributed by atoms with Gasteiger partial charge in [-0.05, 0) is 60.4 Å². The average Bonchev–Trinajstić information content (AvgIpc) is 2.83. The van der Waals surface area contributed by atoms with Crippen molar-refractivity contribution in [2.45, 2.75) is 19.0 Å². The monoisotopic (exact) mass is 447 g/mol. The molecule has 0 aliphatic rings. The highest BCUT2D eigenvalue weighted by atomic mass is 32.2. The molecule has 166 valence electrons. The molecule has 3 aromatic rings. The van der Waals surface area contributed by atoms with Gasteiger partial charge < -0.3 is 15.5 Å². The van der Waals surface area contributed by atoms with Crippen LogP contribution in [0, 0.1) is 0 Å². The highest BCUT2D eigenvalue weighted by Crippen LogP contribution is 2.19. The van der Waals surface area contributed by atoms with Crippen molar-refractivity contribution < 1.29 is 9.59 Å². The fraction of sp³-hybridized carbons (Fsp3) is 0.231. The van der Waals surface area contributed by atoms with Crippen LogP contribution in [0.15, 0.2) is 84.9 Å². The number of carbonyl (C=O) groups is 2. The Balaban J connectivity index is 1.61. The molecule has 0 aromatic heterocycles. The van der Waals surface area contributed by atoms with Gasteiger partial charge in [-0.25, -0.2) is 0 Å². The summed E-state index contributed by atoms with van der Waals surface area (Å²) < 4.78 is 0. The predicted octanol–water partition coefficient (Wildman–Crippen LogP) is 4.81. The van der Waals surface area contributed by atoms with Crippen molar-refractivity contribution in [2.24, 2.45) is 0 Å². The summed E-state index contributed by atoms with van der Waals surface area (Å²) in [6.45, 7) is 0.800. The van der Waals surface area contributed by atoms with Crippen LogP contribution in [-0.4, -0.2) is 36.9 Å². The van der Waals surface area contributed by atoms with Crippen LogP contribution in [0.3, 0.4) is 0 Å². The van der Waals surface area contributed by atoms with Crippen molar-refractivity contribution in [1.82, 2.24) is 5.32 Å². The van der Waals surface area contributed by atoms with Crippen LogP contribution in [-0.2, 0) is 11.3 Å². The minimum Gasteiger partial charge on any atom is -0.370 e. The average molecular weight is 448 g/mol. The van der Waals surface area contributed by atoms with Crippen LogP contribution >= 0.6 is 11.8 Å². The smallest absolute Gasteiger partial charge is 0.251 e. The molecule has 2 amide bonds. The molecule has 0 fully saturated rings. The third-order valence-electron chi connectivity index (χ3n) is 5.11. The van der Waals surface area contributed by atoms with Crippen LogP contribution in [0.5, 0.6) is 0 Å². The molecule has 1 atom stereocenters. The molecule has 0 saturated carbocycles. The van der Waals surface area contributed by atoms with Gasteiger partial charge in [-0.2, -0.15) is 11.8 Å². The summed E-state index contributed by atoms with van der Waals surface area (Å²) in [4.78, 5) is 27.6. The zero-order valence-electron chi connectivity index (χ0n) is 18.5. The molecule has 0 aliphatic heterocycles. The van der Waals surface area contributed by atoms with Crippen LogP contribution in [0.2, 0.25) is 0 Å². The predicted molar refractivity (Wildman–Crippen MR) is 134 cm³/mol. The first-order valence-corrected chi connectivity index (χ1v) is 12.0. The van der Waals surface area contributed by atoms with Gasteiger partial charge in [0.2, 0.25) is 5.91 Å². The Bertz CT molecular complexity index is 995. The van der Waals surface area contributed by atoms with E-state index in [0.717, 1.165) is 18.0 Å². The molecule has 0 saturated heterocycles. The summed E-state index contributed by atoms with van der Waals surface area (Å²) in [6, 6.07) is 26.4. The Morgan fingerprint density at radius 1 is 0.906 bits per heavy atom. The molecular formula is C26H29N3O2S. The van der Waals surface area contributed by atoms with Gasteiger partial charge in [0.05, 0.1) is 0 Å². The van der Waals surface area contributed by atoms with Crippen molar-refractivity contribution in [3.05, 3.63) is 96.1 Å². The van der Waals surface area contributed by atoms with Gasteiger partial charge in [0.1, 0.15) is 6.04 Å². The van der Waals surface area contributed by atoms with E-state index < -0.39 is 6.04 Å². The Morgan fingerprint density at radius 2 is 1.53 bits per heavy atom. The normalized spacial score (nSPS) is 11.4. The molecule has 5 nitrogen and oxygen atoms in total. The fourth-order valence-corrected chi connectivity index (χ4v) is 3.78. The number of hydrogen-bond donors (Lipinski definition) is 2. The quantitative estimate of drug-likeness (QED) is 0.468. The van der Waals surface area contributed by atoms with Crippen molar-refractivity contribution in [1.29, 1.82) is 0 Å². The molecule has 0 bridgehead atoms. The topological polar surface area (TPSA) is 61.4 Å². The highest BCUT2D eigenvalue weighted by Gasteiger charge is 2.21. The van der Waals surface area contributed by atoms with E-state index in [0.29, 0.717) is 17.7 Å². The molecule has 0 radical (unpaired) electrons. The van der Waals surface area contributed by atoms with Gasteiger partial charge in [0, 0.05) is 30.5 Å². The third kappa shape index (κ3) is 6.89. The van der Waals surface area contributed by atoms with E-state index in [2.05, 4.69) is 27.7 Å². The van der Waals surface area contributed by atoms with E-state index in [-0.39, 0.29) is 11.8 Å². The molecule has 3 rings (SSSR count). The number of thioether (sulfide) groups is 1. The first kappa shape index (κ1) is 23.4. The molecule has 0 heterocycles. The number of carbonyl (C=O) groups excluding carboxylic acids is 2. The van der Waals surface area contributed by atoms with E-state index in [9.17, 15) is 9.59 Å². The van der Waals surface area contributed by atoms with Gasteiger partial charge in [0.25, 0.3) is 5.91 Å². The lowest BCUT2D eigenvalue weighted by Gasteiger charge is -2.21. The maximum atomic E-state index is 12.9. The largest absolute Gasteiger partial charge is 0.370 e. The molecule has 0 spiro atoms. The lowest BCUT2D eigenvalue weighted by molar-refractivity contribution is -0.118. The summed E-state index contributed by atoms with van der Waals surface area (Å²) >= 11 is 1.65. The second-order valence-corrected chi connectivity index (χ2v) is 8.54. The first-order chi connectivity index (χ1) is 15.6. The maximum Gasteiger partial charge on any atom is 0.251 e.